The molecule has 0 spiro atoms. The standard InChI is InChI=1S/C26H29N3O4/c27-24(31)22(15-17-7-3-1-4-8-17)29-16-21(23(30)26(29)33)25(32)28-20-13-11-19(12-14-20)18-9-5-2-6-10-18/h1-10,19-20,22,30H,11-16H2,(H2,27,31)(H,28,32)/t19?,20?,22-/m0/s1. The first-order valence-corrected chi connectivity index (χ1v) is 11.4. The van der Waals surface area contributed by atoms with Crippen LogP contribution in [0, 0.1) is 0 Å². The Kier molecular flexibility index (Phi) is 6.77. The number of amides is 3. The maximum absolute atomic E-state index is 12.9. The molecule has 0 saturated heterocycles. The van der Waals surface area contributed by atoms with Gasteiger partial charge in [-0.25, -0.2) is 0 Å². The maximum atomic E-state index is 12.9. The fourth-order valence-corrected chi connectivity index (χ4v) is 4.78. The third-order valence-electron chi connectivity index (χ3n) is 6.66. The summed E-state index contributed by atoms with van der Waals surface area (Å²) in [7, 11) is 0. The molecule has 4 rings (SSSR count). The van der Waals surface area contributed by atoms with Crippen molar-refractivity contribution in [1.29, 1.82) is 0 Å². The largest absolute Gasteiger partial charge is 0.503 e. The molecule has 3 amide bonds. The molecule has 4 N–H and O–H groups in total. The van der Waals surface area contributed by atoms with E-state index >= 15 is 0 Å². The van der Waals surface area contributed by atoms with Crippen LogP contribution in [0.25, 0.3) is 0 Å². The molecule has 0 aromatic heterocycles. The molecule has 0 bridgehead atoms. The van der Waals surface area contributed by atoms with Crippen LogP contribution < -0.4 is 11.1 Å². The molecular weight excluding hydrogens is 418 g/mol. The Labute approximate surface area is 193 Å². The Balaban J connectivity index is 1.37. The molecule has 172 valence electrons. The van der Waals surface area contributed by atoms with Gasteiger partial charge in [0.2, 0.25) is 5.91 Å². The van der Waals surface area contributed by atoms with Crippen molar-refractivity contribution in [1.82, 2.24) is 10.2 Å². The van der Waals surface area contributed by atoms with Gasteiger partial charge in [-0.15, -0.1) is 0 Å². The van der Waals surface area contributed by atoms with E-state index in [2.05, 4.69) is 17.4 Å². The lowest BCUT2D eigenvalue weighted by atomic mass is 9.82. The first-order chi connectivity index (χ1) is 15.9. The molecule has 33 heavy (non-hydrogen) atoms. The Bertz CT molecular complexity index is 1040. The van der Waals surface area contributed by atoms with Gasteiger partial charge in [0.25, 0.3) is 11.8 Å². The molecule has 1 aliphatic carbocycles. The normalized spacial score (nSPS) is 21.7. The van der Waals surface area contributed by atoms with Crippen LogP contribution >= 0.6 is 0 Å². The van der Waals surface area contributed by atoms with Crippen LogP contribution in [0.2, 0.25) is 0 Å². The van der Waals surface area contributed by atoms with Gasteiger partial charge in [0, 0.05) is 12.5 Å². The van der Waals surface area contributed by atoms with Gasteiger partial charge in [0.1, 0.15) is 6.04 Å². The molecule has 1 atom stereocenters. The van der Waals surface area contributed by atoms with Crippen molar-refractivity contribution in [3.05, 3.63) is 83.1 Å². The molecule has 7 nitrogen and oxygen atoms in total. The van der Waals surface area contributed by atoms with Crippen LogP contribution in [-0.2, 0) is 20.8 Å². The van der Waals surface area contributed by atoms with Gasteiger partial charge in [0.15, 0.2) is 5.76 Å². The zero-order chi connectivity index (χ0) is 23.4. The summed E-state index contributed by atoms with van der Waals surface area (Å²) < 4.78 is 0. The van der Waals surface area contributed by atoms with Crippen LogP contribution in [-0.4, -0.2) is 46.4 Å². The Morgan fingerprint density at radius 2 is 1.61 bits per heavy atom. The third kappa shape index (κ3) is 5.08. The summed E-state index contributed by atoms with van der Waals surface area (Å²) >= 11 is 0. The molecule has 2 aliphatic rings. The lowest BCUT2D eigenvalue weighted by Gasteiger charge is -2.29. The lowest BCUT2D eigenvalue weighted by molar-refractivity contribution is -0.136. The maximum Gasteiger partial charge on any atom is 0.290 e. The lowest BCUT2D eigenvalue weighted by Crippen LogP contribution is -2.48. The van der Waals surface area contributed by atoms with Crippen molar-refractivity contribution >= 4 is 17.7 Å². The first kappa shape index (κ1) is 22.6. The van der Waals surface area contributed by atoms with E-state index in [1.54, 1.807) is 0 Å². The monoisotopic (exact) mass is 447 g/mol. The van der Waals surface area contributed by atoms with Crippen molar-refractivity contribution < 1.29 is 19.5 Å². The molecule has 1 heterocycles. The molecule has 0 unspecified atom stereocenters. The molecule has 2 aromatic carbocycles. The molecule has 0 radical (unpaired) electrons. The first-order valence-electron chi connectivity index (χ1n) is 11.4. The van der Waals surface area contributed by atoms with Crippen molar-refractivity contribution in [3.8, 4) is 0 Å². The number of benzene rings is 2. The molecular formula is C26H29N3O4. The smallest absolute Gasteiger partial charge is 0.290 e. The van der Waals surface area contributed by atoms with E-state index in [1.165, 1.54) is 10.5 Å². The highest BCUT2D eigenvalue weighted by atomic mass is 16.3. The number of primary amides is 1. The van der Waals surface area contributed by atoms with E-state index in [1.807, 2.05) is 48.5 Å². The van der Waals surface area contributed by atoms with E-state index in [0.717, 1.165) is 31.2 Å². The fraction of sp³-hybridized carbons (Fsp3) is 0.346. The van der Waals surface area contributed by atoms with Crippen molar-refractivity contribution in [2.75, 3.05) is 6.54 Å². The number of aliphatic hydroxyl groups is 1. The van der Waals surface area contributed by atoms with Crippen LogP contribution in [0.15, 0.2) is 72.0 Å². The number of rotatable bonds is 7. The van der Waals surface area contributed by atoms with E-state index in [-0.39, 0.29) is 24.6 Å². The van der Waals surface area contributed by atoms with Crippen molar-refractivity contribution in [3.63, 3.8) is 0 Å². The predicted molar refractivity (Wildman–Crippen MR) is 124 cm³/mol. The van der Waals surface area contributed by atoms with E-state index < -0.39 is 29.5 Å². The van der Waals surface area contributed by atoms with Gasteiger partial charge in [0.05, 0.1) is 12.1 Å². The number of nitrogens with two attached hydrogens (primary N) is 1. The second kappa shape index (κ2) is 9.90. The highest BCUT2D eigenvalue weighted by molar-refractivity contribution is 6.08. The van der Waals surface area contributed by atoms with E-state index in [9.17, 15) is 19.5 Å². The summed E-state index contributed by atoms with van der Waals surface area (Å²) in [5.74, 6) is -2.02. The number of hydrogen-bond donors (Lipinski definition) is 3. The fourth-order valence-electron chi connectivity index (χ4n) is 4.78. The number of carbonyl (C=O) groups is 3. The minimum Gasteiger partial charge on any atom is -0.503 e. The average molecular weight is 448 g/mol. The van der Waals surface area contributed by atoms with Crippen LogP contribution in [0.4, 0.5) is 0 Å². The van der Waals surface area contributed by atoms with Crippen LogP contribution in [0.5, 0.6) is 0 Å². The Morgan fingerprint density at radius 1 is 1.00 bits per heavy atom. The van der Waals surface area contributed by atoms with Crippen LogP contribution in [0.1, 0.15) is 42.7 Å². The molecule has 2 aromatic rings. The van der Waals surface area contributed by atoms with E-state index in [4.69, 9.17) is 5.73 Å². The molecule has 1 fully saturated rings. The summed E-state index contributed by atoms with van der Waals surface area (Å²) in [4.78, 5) is 38.9. The molecule has 7 heteroatoms. The quantitative estimate of drug-likeness (QED) is 0.605. The van der Waals surface area contributed by atoms with Gasteiger partial charge in [-0.05, 0) is 42.7 Å². The minimum atomic E-state index is -0.950. The number of hydrogen-bond acceptors (Lipinski definition) is 4. The summed E-state index contributed by atoms with van der Waals surface area (Å²) in [6.45, 7) is -0.143. The Morgan fingerprint density at radius 3 is 2.21 bits per heavy atom. The SMILES string of the molecule is NC(=O)[C@H](Cc1ccccc1)N1CC(C(=O)NC2CCC(c3ccccc3)CC2)=C(O)C1=O. The minimum absolute atomic E-state index is 0.00973. The number of nitrogens with one attached hydrogen (secondary N) is 1. The van der Waals surface area contributed by atoms with Gasteiger partial charge in [-0.1, -0.05) is 60.7 Å². The zero-order valence-electron chi connectivity index (χ0n) is 18.4. The van der Waals surface area contributed by atoms with Gasteiger partial charge >= 0.3 is 0 Å². The summed E-state index contributed by atoms with van der Waals surface area (Å²) in [5.41, 5.74) is 7.71. The van der Waals surface area contributed by atoms with Crippen molar-refractivity contribution in [2.45, 2.75) is 50.1 Å². The number of nitrogens with zero attached hydrogens (tertiary/aromatic N) is 1. The van der Waals surface area contributed by atoms with E-state index in [0.29, 0.717) is 5.92 Å². The number of aliphatic hydroxyl groups excluding tert-OH is 1. The Hall–Kier alpha value is -3.61. The summed E-state index contributed by atoms with van der Waals surface area (Å²) in [6, 6.07) is 18.6. The van der Waals surface area contributed by atoms with Crippen LogP contribution in [0.3, 0.4) is 0 Å². The predicted octanol–water partition coefficient (Wildman–Crippen LogP) is 2.58. The topological polar surface area (TPSA) is 113 Å². The third-order valence-corrected chi connectivity index (χ3v) is 6.66. The second-order valence-electron chi connectivity index (χ2n) is 8.80. The second-order valence-corrected chi connectivity index (χ2v) is 8.80. The highest BCUT2D eigenvalue weighted by Gasteiger charge is 2.40. The van der Waals surface area contributed by atoms with Crippen molar-refractivity contribution in [2.24, 2.45) is 5.73 Å². The highest BCUT2D eigenvalue weighted by Crippen LogP contribution is 2.33. The number of carbonyl (C=O) groups excluding carboxylic acids is 3. The summed E-state index contributed by atoms with van der Waals surface area (Å²) in [5, 5.41) is 13.4. The average Bonchev–Trinajstić information content (AvgIpc) is 3.13. The molecule has 1 saturated carbocycles. The van der Waals surface area contributed by atoms with Gasteiger partial charge in [-0.2, -0.15) is 0 Å². The summed E-state index contributed by atoms with van der Waals surface area (Å²) in [6.07, 6.45) is 3.80. The molecule has 1 aliphatic heterocycles. The van der Waals surface area contributed by atoms with Gasteiger partial charge in [-0.3, -0.25) is 14.4 Å². The van der Waals surface area contributed by atoms with Gasteiger partial charge < -0.3 is 21.1 Å². The zero-order valence-corrected chi connectivity index (χ0v) is 18.4.